The highest BCUT2D eigenvalue weighted by atomic mass is 14.9. The molecule has 63 heavy (non-hydrogen) atoms. The Labute approximate surface area is 369 Å². The standard InChI is InChI=1S/C61H44N2/c1-61(2)55-32-16-15-31-51(55)54-37-48(33-34-56(54)61)53-39-50(41-19-7-3-8-20-41)38-52(59(53)43-23-11-5-12-24-43)47-29-17-27-45(35-47)46-28-18-30-49(36-46)58-40-57(42-21-9-4-10-22-42)62-60(63-58)44-25-13-6-14-26-44/h3-40H,1-2H3. The van der Waals surface area contributed by atoms with Crippen LogP contribution in [-0.4, -0.2) is 9.97 Å². The second kappa shape index (κ2) is 15.8. The van der Waals surface area contributed by atoms with Crippen LogP contribution < -0.4 is 0 Å². The third kappa shape index (κ3) is 7.06. The Morgan fingerprint density at radius 3 is 1.37 bits per heavy atom. The van der Waals surface area contributed by atoms with Crippen molar-refractivity contribution in [3.8, 4) is 101 Å². The molecule has 2 nitrogen and oxygen atoms in total. The minimum atomic E-state index is -0.0661. The van der Waals surface area contributed by atoms with Crippen LogP contribution in [0.25, 0.3) is 101 Å². The predicted octanol–water partition coefficient (Wildman–Crippen LogP) is 16.1. The lowest BCUT2D eigenvalue weighted by atomic mass is 9.81. The molecule has 0 unspecified atom stereocenters. The molecule has 1 aliphatic carbocycles. The molecule has 10 aromatic rings. The van der Waals surface area contributed by atoms with E-state index in [0.29, 0.717) is 5.82 Å². The highest BCUT2D eigenvalue weighted by molar-refractivity contribution is 5.99. The second-order valence-corrected chi connectivity index (χ2v) is 17.0. The number of hydrogen-bond donors (Lipinski definition) is 0. The van der Waals surface area contributed by atoms with Crippen LogP contribution in [0.1, 0.15) is 25.0 Å². The summed E-state index contributed by atoms with van der Waals surface area (Å²) in [5.74, 6) is 0.707. The molecule has 0 spiro atoms. The molecule has 298 valence electrons. The molecule has 0 N–H and O–H groups in total. The number of nitrogens with zero attached hydrogens (tertiary/aromatic N) is 2. The number of fused-ring (bicyclic) bond motifs is 3. The first-order valence-electron chi connectivity index (χ1n) is 21.7. The molecule has 0 aliphatic heterocycles. The van der Waals surface area contributed by atoms with Crippen molar-refractivity contribution in [2.75, 3.05) is 0 Å². The number of rotatable bonds is 8. The second-order valence-electron chi connectivity index (χ2n) is 17.0. The normalized spacial score (nSPS) is 12.4. The molecule has 2 heteroatoms. The Morgan fingerprint density at radius 2 is 0.714 bits per heavy atom. The maximum Gasteiger partial charge on any atom is 0.160 e. The van der Waals surface area contributed by atoms with Gasteiger partial charge in [-0.05, 0) is 114 Å². The van der Waals surface area contributed by atoms with Gasteiger partial charge in [0.25, 0.3) is 0 Å². The Kier molecular flexibility index (Phi) is 9.55. The summed E-state index contributed by atoms with van der Waals surface area (Å²) in [5, 5.41) is 0. The van der Waals surface area contributed by atoms with E-state index in [4.69, 9.17) is 9.97 Å². The van der Waals surface area contributed by atoms with E-state index in [-0.39, 0.29) is 5.41 Å². The van der Waals surface area contributed by atoms with E-state index in [1.165, 1.54) is 61.2 Å². The third-order valence-corrected chi connectivity index (χ3v) is 12.7. The van der Waals surface area contributed by atoms with Gasteiger partial charge in [0, 0.05) is 22.1 Å². The van der Waals surface area contributed by atoms with Crippen LogP contribution in [0.15, 0.2) is 231 Å². The topological polar surface area (TPSA) is 25.8 Å². The van der Waals surface area contributed by atoms with Crippen LogP contribution in [0.3, 0.4) is 0 Å². The van der Waals surface area contributed by atoms with E-state index < -0.39 is 0 Å². The largest absolute Gasteiger partial charge is 0.228 e. The summed E-state index contributed by atoms with van der Waals surface area (Å²) in [4.78, 5) is 10.2. The van der Waals surface area contributed by atoms with Crippen LogP contribution in [0.2, 0.25) is 0 Å². The number of hydrogen-bond acceptors (Lipinski definition) is 2. The maximum absolute atomic E-state index is 5.15. The first-order valence-corrected chi connectivity index (χ1v) is 21.7. The monoisotopic (exact) mass is 804 g/mol. The van der Waals surface area contributed by atoms with Crippen LogP contribution in [0.5, 0.6) is 0 Å². The fraction of sp³-hybridized carbons (Fsp3) is 0.0492. The molecule has 0 saturated heterocycles. The highest BCUT2D eigenvalue weighted by Gasteiger charge is 2.35. The Bertz CT molecular complexity index is 3220. The molecule has 1 heterocycles. The lowest BCUT2D eigenvalue weighted by molar-refractivity contribution is 0.660. The van der Waals surface area contributed by atoms with Crippen LogP contribution in [0.4, 0.5) is 0 Å². The molecule has 0 radical (unpaired) electrons. The average Bonchev–Trinajstić information content (AvgIpc) is 3.59. The Balaban J connectivity index is 1.08. The van der Waals surface area contributed by atoms with Crippen LogP contribution in [0, 0.1) is 0 Å². The minimum Gasteiger partial charge on any atom is -0.228 e. The van der Waals surface area contributed by atoms with Crippen molar-refractivity contribution in [2.24, 2.45) is 0 Å². The summed E-state index contributed by atoms with van der Waals surface area (Å²) in [6, 6.07) is 83.0. The fourth-order valence-corrected chi connectivity index (χ4v) is 9.49. The van der Waals surface area contributed by atoms with Gasteiger partial charge in [-0.1, -0.05) is 208 Å². The molecular formula is C61H44N2. The van der Waals surface area contributed by atoms with Gasteiger partial charge in [0.2, 0.25) is 0 Å². The molecule has 0 fully saturated rings. The van der Waals surface area contributed by atoms with Crippen molar-refractivity contribution in [2.45, 2.75) is 19.3 Å². The summed E-state index contributed by atoms with van der Waals surface area (Å²) in [5.41, 5.74) is 22.0. The smallest absolute Gasteiger partial charge is 0.160 e. The minimum absolute atomic E-state index is 0.0661. The van der Waals surface area contributed by atoms with E-state index in [2.05, 4.69) is 220 Å². The maximum atomic E-state index is 5.15. The van der Waals surface area contributed by atoms with Gasteiger partial charge in [0.15, 0.2) is 5.82 Å². The third-order valence-electron chi connectivity index (χ3n) is 12.7. The zero-order valence-corrected chi connectivity index (χ0v) is 35.3. The Hall–Kier alpha value is -7.94. The number of benzene rings is 9. The van der Waals surface area contributed by atoms with Gasteiger partial charge >= 0.3 is 0 Å². The van der Waals surface area contributed by atoms with Gasteiger partial charge in [-0.2, -0.15) is 0 Å². The van der Waals surface area contributed by atoms with Crippen LogP contribution >= 0.6 is 0 Å². The lowest BCUT2D eigenvalue weighted by Crippen LogP contribution is -2.14. The summed E-state index contributed by atoms with van der Waals surface area (Å²) in [6.45, 7) is 4.70. The van der Waals surface area contributed by atoms with E-state index in [9.17, 15) is 0 Å². The van der Waals surface area contributed by atoms with E-state index in [1.807, 2.05) is 24.3 Å². The molecule has 9 aromatic carbocycles. The van der Waals surface area contributed by atoms with Crippen molar-refractivity contribution >= 4 is 0 Å². The van der Waals surface area contributed by atoms with Crippen molar-refractivity contribution in [1.82, 2.24) is 9.97 Å². The predicted molar refractivity (Wildman–Crippen MR) is 263 cm³/mol. The van der Waals surface area contributed by atoms with Crippen molar-refractivity contribution < 1.29 is 0 Å². The van der Waals surface area contributed by atoms with Gasteiger partial charge in [-0.3, -0.25) is 0 Å². The first-order chi connectivity index (χ1) is 31.0. The summed E-state index contributed by atoms with van der Waals surface area (Å²) >= 11 is 0. The van der Waals surface area contributed by atoms with Crippen molar-refractivity contribution in [3.05, 3.63) is 242 Å². The molecule has 0 saturated carbocycles. The van der Waals surface area contributed by atoms with Gasteiger partial charge < -0.3 is 0 Å². The molecule has 11 rings (SSSR count). The molecule has 1 aliphatic rings. The van der Waals surface area contributed by atoms with Crippen molar-refractivity contribution in [3.63, 3.8) is 0 Å². The van der Waals surface area contributed by atoms with Gasteiger partial charge in [0.1, 0.15) is 0 Å². The first kappa shape index (κ1) is 38.0. The summed E-state index contributed by atoms with van der Waals surface area (Å²) in [7, 11) is 0. The fourth-order valence-electron chi connectivity index (χ4n) is 9.49. The van der Waals surface area contributed by atoms with Gasteiger partial charge in [-0.25, -0.2) is 9.97 Å². The Morgan fingerprint density at radius 1 is 0.270 bits per heavy atom. The van der Waals surface area contributed by atoms with Gasteiger partial charge in [-0.15, -0.1) is 0 Å². The quantitative estimate of drug-likeness (QED) is 0.153. The lowest BCUT2D eigenvalue weighted by Gasteiger charge is -2.22. The van der Waals surface area contributed by atoms with Crippen LogP contribution in [-0.2, 0) is 5.41 Å². The summed E-state index contributed by atoms with van der Waals surface area (Å²) < 4.78 is 0. The highest BCUT2D eigenvalue weighted by Crippen LogP contribution is 2.51. The number of aromatic nitrogens is 2. The molecule has 0 bridgehead atoms. The van der Waals surface area contributed by atoms with E-state index >= 15 is 0 Å². The molecule has 0 atom stereocenters. The average molecular weight is 805 g/mol. The summed E-state index contributed by atoms with van der Waals surface area (Å²) in [6.07, 6.45) is 0. The van der Waals surface area contributed by atoms with E-state index in [0.717, 1.165) is 44.8 Å². The molecular weight excluding hydrogens is 761 g/mol. The zero-order chi connectivity index (χ0) is 42.3. The molecule has 0 amide bonds. The van der Waals surface area contributed by atoms with E-state index in [1.54, 1.807) is 0 Å². The SMILES string of the molecule is CC1(C)c2ccccc2-c2cc(-c3cc(-c4ccccc4)cc(-c4cccc(-c5cccc(-c6cc(-c7ccccc7)nc(-c7ccccc7)n6)c5)c4)c3-c3ccccc3)ccc21. The van der Waals surface area contributed by atoms with Crippen molar-refractivity contribution in [1.29, 1.82) is 0 Å². The van der Waals surface area contributed by atoms with Gasteiger partial charge in [0.05, 0.1) is 11.4 Å². The zero-order valence-electron chi connectivity index (χ0n) is 35.3. The molecule has 1 aromatic heterocycles.